The summed E-state index contributed by atoms with van der Waals surface area (Å²) < 4.78 is 13.9. The Morgan fingerprint density at radius 2 is 1.70 bits per heavy atom. The number of amides is 1. The van der Waals surface area contributed by atoms with E-state index in [9.17, 15) is 9.18 Å². The Balaban J connectivity index is 1.24. The zero-order valence-electron chi connectivity index (χ0n) is 15.4. The molecule has 1 amide bonds. The number of halogens is 1. The predicted molar refractivity (Wildman–Crippen MR) is 106 cm³/mol. The fourth-order valence-corrected chi connectivity index (χ4v) is 3.87. The molecule has 2 unspecified atom stereocenters. The lowest BCUT2D eigenvalue weighted by Crippen LogP contribution is -2.49. The summed E-state index contributed by atoms with van der Waals surface area (Å²) in [6.45, 7) is 4.21. The molecule has 1 aliphatic heterocycles. The summed E-state index contributed by atoms with van der Waals surface area (Å²) in [6.07, 6.45) is 5.10. The Hall–Kier alpha value is -2.46. The van der Waals surface area contributed by atoms with Crippen LogP contribution in [0.25, 0.3) is 6.08 Å². The van der Waals surface area contributed by atoms with Crippen molar-refractivity contribution in [2.45, 2.75) is 12.3 Å². The maximum atomic E-state index is 13.9. The smallest absolute Gasteiger partial charge is 0.226 e. The van der Waals surface area contributed by atoms with Gasteiger partial charge in [-0.15, -0.1) is 0 Å². The van der Waals surface area contributed by atoms with Crippen LogP contribution in [-0.2, 0) is 4.79 Å². The zero-order chi connectivity index (χ0) is 18.6. The van der Waals surface area contributed by atoms with Crippen molar-refractivity contribution in [3.8, 4) is 0 Å². The minimum Gasteiger partial charge on any atom is -0.340 e. The summed E-state index contributed by atoms with van der Waals surface area (Å²) in [7, 11) is 0. The third-order valence-corrected chi connectivity index (χ3v) is 5.57. The highest BCUT2D eigenvalue weighted by Crippen LogP contribution is 2.49. The van der Waals surface area contributed by atoms with Crippen LogP contribution in [0.1, 0.15) is 23.5 Å². The van der Waals surface area contributed by atoms with Gasteiger partial charge in [0.25, 0.3) is 0 Å². The average molecular weight is 364 g/mol. The number of hydrogen-bond donors (Lipinski definition) is 0. The first-order valence-corrected chi connectivity index (χ1v) is 9.69. The molecule has 1 aliphatic carbocycles. The number of benzene rings is 2. The van der Waals surface area contributed by atoms with Gasteiger partial charge in [-0.2, -0.15) is 0 Å². The molecule has 0 spiro atoms. The molecule has 1 heterocycles. The van der Waals surface area contributed by atoms with Crippen molar-refractivity contribution in [1.82, 2.24) is 9.80 Å². The molecule has 2 aromatic carbocycles. The van der Waals surface area contributed by atoms with Crippen LogP contribution in [0.3, 0.4) is 0 Å². The van der Waals surface area contributed by atoms with Crippen molar-refractivity contribution in [1.29, 1.82) is 0 Å². The van der Waals surface area contributed by atoms with Gasteiger partial charge in [0, 0.05) is 38.6 Å². The standard InChI is InChI=1S/C23H25FN2O/c24-22-11-5-4-10-19(22)20-17-21(20)23(27)26-15-13-25(14-16-26)12-6-9-18-7-2-1-3-8-18/h1-11,20-21H,12-17H2/b9-6+. The van der Waals surface area contributed by atoms with E-state index < -0.39 is 0 Å². The SMILES string of the molecule is O=C(C1CC1c1ccccc1F)N1CCN(C/C=C/c2ccccc2)CC1. The molecule has 1 saturated heterocycles. The maximum Gasteiger partial charge on any atom is 0.226 e. The van der Waals surface area contributed by atoms with Crippen molar-refractivity contribution < 1.29 is 9.18 Å². The minimum atomic E-state index is -0.187. The lowest BCUT2D eigenvalue weighted by molar-refractivity contribution is -0.134. The molecule has 1 saturated carbocycles. The van der Waals surface area contributed by atoms with E-state index in [0.717, 1.165) is 39.1 Å². The molecule has 4 heteroatoms. The van der Waals surface area contributed by atoms with E-state index in [0.29, 0.717) is 5.56 Å². The third kappa shape index (κ3) is 4.28. The van der Waals surface area contributed by atoms with Crippen LogP contribution in [-0.4, -0.2) is 48.4 Å². The molecule has 4 rings (SSSR count). The summed E-state index contributed by atoms with van der Waals surface area (Å²) >= 11 is 0. The van der Waals surface area contributed by atoms with Crippen LogP contribution in [0, 0.1) is 11.7 Å². The van der Waals surface area contributed by atoms with Gasteiger partial charge in [-0.25, -0.2) is 4.39 Å². The first kappa shape index (κ1) is 17.9. The Bertz CT molecular complexity index is 812. The highest BCUT2D eigenvalue weighted by atomic mass is 19.1. The molecule has 2 fully saturated rings. The number of carbonyl (C=O) groups is 1. The van der Waals surface area contributed by atoms with Crippen molar-refractivity contribution in [2.24, 2.45) is 5.92 Å². The van der Waals surface area contributed by atoms with Crippen LogP contribution in [0.15, 0.2) is 60.7 Å². The van der Waals surface area contributed by atoms with E-state index in [1.54, 1.807) is 6.07 Å². The lowest BCUT2D eigenvalue weighted by Gasteiger charge is -2.34. The fourth-order valence-electron chi connectivity index (χ4n) is 3.87. The Labute approximate surface area is 160 Å². The van der Waals surface area contributed by atoms with E-state index >= 15 is 0 Å². The van der Waals surface area contributed by atoms with Crippen LogP contribution in [0.5, 0.6) is 0 Å². The summed E-state index contributed by atoms with van der Waals surface area (Å²) in [5.41, 5.74) is 1.90. The Morgan fingerprint density at radius 1 is 1.00 bits per heavy atom. The Kier molecular flexibility index (Phi) is 5.35. The van der Waals surface area contributed by atoms with Crippen molar-refractivity contribution in [3.05, 3.63) is 77.6 Å². The van der Waals surface area contributed by atoms with E-state index in [1.807, 2.05) is 35.2 Å². The second kappa shape index (κ2) is 8.05. The van der Waals surface area contributed by atoms with Crippen LogP contribution >= 0.6 is 0 Å². The molecule has 2 atom stereocenters. The van der Waals surface area contributed by atoms with Gasteiger partial charge in [-0.05, 0) is 29.5 Å². The molecular weight excluding hydrogens is 339 g/mol. The highest BCUT2D eigenvalue weighted by molar-refractivity contribution is 5.83. The van der Waals surface area contributed by atoms with Gasteiger partial charge in [-0.3, -0.25) is 9.69 Å². The second-order valence-electron chi connectivity index (χ2n) is 7.41. The normalized spacial score (nSPS) is 22.9. The predicted octanol–water partition coefficient (Wildman–Crippen LogP) is 3.79. The number of carbonyl (C=O) groups excluding carboxylic acids is 1. The van der Waals surface area contributed by atoms with Gasteiger partial charge in [-0.1, -0.05) is 60.7 Å². The van der Waals surface area contributed by atoms with Gasteiger partial charge >= 0.3 is 0 Å². The van der Waals surface area contributed by atoms with Gasteiger partial charge in [0.05, 0.1) is 0 Å². The average Bonchev–Trinajstić information content (AvgIpc) is 3.50. The fraction of sp³-hybridized carbons (Fsp3) is 0.348. The maximum absolute atomic E-state index is 13.9. The largest absolute Gasteiger partial charge is 0.340 e. The molecule has 140 valence electrons. The zero-order valence-corrected chi connectivity index (χ0v) is 15.4. The first-order chi connectivity index (χ1) is 13.2. The van der Waals surface area contributed by atoms with E-state index in [2.05, 4.69) is 29.2 Å². The molecule has 2 aliphatic rings. The molecule has 2 aromatic rings. The van der Waals surface area contributed by atoms with Crippen LogP contribution < -0.4 is 0 Å². The topological polar surface area (TPSA) is 23.6 Å². The van der Waals surface area contributed by atoms with Crippen molar-refractivity contribution in [2.75, 3.05) is 32.7 Å². The van der Waals surface area contributed by atoms with E-state index in [-0.39, 0.29) is 23.6 Å². The number of nitrogens with zero attached hydrogens (tertiary/aromatic N) is 2. The molecule has 0 radical (unpaired) electrons. The van der Waals surface area contributed by atoms with Crippen molar-refractivity contribution >= 4 is 12.0 Å². The second-order valence-corrected chi connectivity index (χ2v) is 7.41. The molecule has 3 nitrogen and oxygen atoms in total. The van der Waals surface area contributed by atoms with Gasteiger partial charge in [0.15, 0.2) is 0 Å². The molecular formula is C23H25FN2O. The van der Waals surface area contributed by atoms with Gasteiger partial charge in [0.1, 0.15) is 5.82 Å². The number of piperazine rings is 1. The lowest BCUT2D eigenvalue weighted by atomic mass is 10.1. The van der Waals surface area contributed by atoms with Gasteiger partial charge < -0.3 is 4.90 Å². The summed E-state index contributed by atoms with van der Waals surface area (Å²) in [4.78, 5) is 17.1. The molecule has 0 aromatic heterocycles. The molecule has 0 N–H and O–H groups in total. The van der Waals surface area contributed by atoms with Gasteiger partial charge in [0.2, 0.25) is 5.91 Å². The monoisotopic (exact) mass is 364 g/mol. The van der Waals surface area contributed by atoms with Crippen LogP contribution in [0.2, 0.25) is 0 Å². The first-order valence-electron chi connectivity index (χ1n) is 9.69. The minimum absolute atomic E-state index is 0.0357. The summed E-state index contributed by atoms with van der Waals surface area (Å²) in [5.74, 6) is 0.0347. The third-order valence-electron chi connectivity index (χ3n) is 5.57. The quantitative estimate of drug-likeness (QED) is 0.806. The highest BCUT2D eigenvalue weighted by Gasteiger charge is 2.47. The van der Waals surface area contributed by atoms with Crippen LogP contribution in [0.4, 0.5) is 4.39 Å². The summed E-state index contributed by atoms with van der Waals surface area (Å²) in [6, 6.07) is 17.1. The van der Waals surface area contributed by atoms with Crippen molar-refractivity contribution in [3.63, 3.8) is 0 Å². The number of hydrogen-bond acceptors (Lipinski definition) is 2. The van der Waals surface area contributed by atoms with E-state index in [1.165, 1.54) is 11.6 Å². The number of rotatable bonds is 5. The molecule has 0 bridgehead atoms. The van der Waals surface area contributed by atoms with E-state index in [4.69, 9.17) is 0 Å². The molecule has 27 heavy (non-hydrogen) atoms. The summed E-state index contributed by atoms with van der Waals surface area (Å²) in [5, 5.41) is 0. The Morgan fingerprint density at radius 3 is 2.44 bits per heavy atom.